The van der Waals surface area contributed by atoms with Gasteiger partial charge in [-0.1, -0.05) is 6.07 Å². The summed E-state index contributed by atoms with van der Waals surface area (Å²) in [6, 6.07) is 8.34. The predicted octanol–water partition coefficient (Wildman–Crippen LogP) is 1.26. The number of benzene rings is 1. The summed E-state index contributed by atoms with van der Waals surface area (Å²) in [5, 5.41) is 13.9. The van der Waals surface area contributed by atoms with Crippen LogP contribution in [0.4, 0.5) is 0 Å². The number of aromatic amines is 1. The first-order chi connectivity index (χ1) is 8.29. The van der Waals surface area contributed by atoms with Gasteiger partial charge in [-0.2, -0.15) is 0 Å². The molecular weight excluding hydrogens is 216 g/mol. The van der Waals surface area contributed by atoms with Crippen molar-refractivity contribution in [1.82, 2.24) is 10.3 Å². The van der Waals surface area contributed by atoms with Gasteiger partial charge >= 0.3 is 0 Å². The van der Waals surface area contributed by atoms with Crippen LogP contribution in [-0.2, 0) is 11.3 Å². The van der Waals surface area contributed by atoms with Crippen LogP contribution in [0.5, 0.6) is 0 Å². The number of methoxy groups -OCH3 is 1. The quantitative estimate of drug-likeness (QED) is 0.705. The SMILES string of the molecule is COCC(O)CNCc1ccc2[nH]ccc2c1. The van der Waals surface area contributed by atoms with Gasteiger partial charge in [-0.3, -0.25) is 0 Å². The normalized spacial score (nSPS) is 13.1. The number of aliphatic hydroxyl groups is 1. The summed E-state index contributed by atoms with van der Waals surface area (Å²) in [6.45, 7) is 1.66. The Bertz CT molecular complexity index is 467. The van der Waals surface area contributed by atoms with Crippen LogP contribution < -0.4 is 5.32 Å². The minimum Gasteiger partial charge on any atom is -0.389 e. The third-order valence-corrected chi connectivity index (χ3v) is 2.69. The molecule has 2 aromatic rings. The third kappa shape index (κ3) is 3.30. The highest BCUT2D eigenvalue weighted by molar-refractivity contribution is 5.79. The van der Waals surface area contributed by atoms with Gasteiger partial charge in [-0.15, -0.1) is 0 Å². The fraction of sp³-hybridized carbons (Fsp3) is 0.385. The lowest BCUT2D eigenvalue weighted by molar-refractivity contribution is 0.0644. The first kappa shape index (κ1) is 12.1. The van der Waals surface area contributed by atoms with Crippen LogP contribution in [0.15, 0.2) is 30.5 Å². The smallest absolute Gasteiger partial charge is 0.0897 e. The van der Waals surface area contributed by atoms with Crippen LogP contribution >= 0.6 is 0 Å². The van der Waals surface area contributed by atoms with E-state index in [1.807, 2.05) is 6.20 Å². The van der Waals surface area contributed by atoms with Gasteiger partial charge in [-0.25, -0.2) is 0 Å². The van der Waals surface area contributed by atoms with Crippen molar-refractivity contribution in [2.75, 3.05) is 20.3 Å². The second-order valence-corrected chi connectivity index (χ2v) is 4.14. The van der Waals surface area contributed by atoms with E-state index in [9.17, 15) is 5.11 Å². The van der Waals surface area contributed by atoms with Crippen LogP contribution in [0.1, 0.15) is 5.56 Å². The molecule has 1 aromatic carbocycles. The average molecular weight is 234 g/mol. The van der Waals surface area contributed by atoms with E-state index in [2.05, 4.69) is 34.6 Å². The Morgan fingerprint density at radius 3 is 3.12 bits per heavy atom. The number of hydrogen-bond donors (Lipinski definition) is 3. The summed E-state index contributed by atoms with van der Waals surface area (Å²) in [5.41, 5.74) is 2.36. The molecule has 17 heavy (non-hydrogen) atoms. The Morgan fingerprint density at radius 1 is 1.41 bits per heavy atom. The number of aliphatic hydroxyl groups excluding tert-OH is 1. The maximum absolute atomic E-state index is 9.47. The molecule has 0 saturated heterocycles. The molecule has 0 aliphatic carbocycles. The van der Waals surface area contributed by atoms with Crippen molar-refractivity contribution in [1.29, 1.82) is 0 Å². The monoisotopic (exact) mass is 234 g/mol. The maximum atomic E-state index is 9.47. The summed E-state index contributed by atoms with van der Waals surface area (Å²) >= 11 is 0. The Balaban J connectivity index is 1.86. The number of aromatic nitrogens is 1. The number of fused-ring (bicyclic) bond motifs is 1. The molecule has 0 fully saturated rings. The summed E-state index contributed by atoms with van der Waals surface area (Å²) in [6.07, 6.45) is 1.49. The lowest BCUT2D eigenvalue weighted by Crippen LogP contribution is -2.29. The highest BCUT2D eigenvalue weighted by atomic mass is 16.5. The van der Waals surface area contributed by atoms with Gasteiger partial charge in [0.15, 0.2) is 0 Å². The van der Waals surface area contributed by atoms with Gasteiger partial charge < -0.3 is 20.1 Å². The van der Waals surface area contributed by atoms with Crippen LogP contribution in [0.3, 0.4) is 0 Å². The fourth-order valence-electron chi connectivity index (χ4n) is 1.85. The zero-order valence-electron chi connectivity index (χ0n) is 9.94. The van der Waals surface area contributed by atoms with Crippen LogP contribution in [0, 0.1) is 0 Å². The molecule has 0 bridgehead atoms. The number of H-pyrrole nitrogens is 1. The molecule has 4 nitrogen and oxygen atoms in total. The topological polar surface area (TPSA) is 57.3 Å². The molecule has 2 rings (SSSR count). The molecule has 0 saturated carbocycles. The second-order valence-electron chi connectivity index (χ2n) is 4.14. The average Bonchev–Trinajstić information content (AvgIpc) is 2.76. The molecule has 4 heteroatoms. The number of hydrogen-bond acceptors (Lipinski definition) is 3. The van der Waals surface area contributed by atoms with Gasteiger partial charge in [0.05, 0.1) is 12.7 Å². The van der Waals surface area contributed by atoms with Gasteiger partial charge in [0.1, 0.15) is 0 Å². The minimum absolute atomic E-state index is 0.365. The Labute approximate surface area is 101 Å². The number of nitrogens with one attached hydrogen (secondary N) is 2. The van der Waals surface area contributed by atoms with Crippen molar-refractivity contribution >= 4 is 10.9 Å². The number of ether oxygens (including phenoxy) is 1. The molecule has 0 radical (unpaired) electrons. The van der Waals surface area contributed by atoms with E-state index in [1.54, 1.807) is 7.11 Å². The molecule has 0 aliphatic rings. The second kappa shape index (κ2) is 5.82. The third-order valence-electron chi connectivity index (χ3n) is 2.69. The molecule has 1 atom stereocenters. The minimum atomic E-state index is -0.448. The highest BCUT2D eigenvalue weighted by Gasteiger charge is 2.02. The van der Waals surface area contributed by atoms with Crippen molar-refractivity contribution in [3.63, 3.8) is 0 Å². The van der Waals surface area contributed by atoms with Crippen molar-refractivity contribution in [3.05, 3.63) is 36.0 Å². The predicted molar refractivity (Wildman–Crippen MR) is 67.9 cm³/mol. The molecule has 0 aliphatic heterocycles. The van der Waals surface area contributed by atoms with E-state index in [4.69, 9.17) is 4.74 Å². The first-order valence-electron chi connectivity index (χ1n) is 5.73. The van der Waals surface area contributed by atoms with Crippen LogP contribution in [0.25, 0.3) is 10.9 Å². The molecule has 1 unspecified atom stereocenters. The van der Waals surface area contributed by atoms with E-state index in [0.29, 0.717) is 13.2 Å². The van der Waals surface area contributed by atoms with Crippen molar-refractivity contribution in [2.45, 2.75) is 12.6 Å². The van der Waals surface area contributed by atoms with Crippen molar-refractivity contribution in [2.24, 2.45) is 0 Å². The van der Waals surface area contributed by atoms with E-state index in [0.717, 1.165) is 12.1 Å². The van der Waals surface area contributed by atoms with Gasteiger partial charge in [0.2, 0.25) is 0 Å². The summed E-state index contributed by atoms with van der Waals surface area (Å²) in [5.74, 6) is 0. The standard InChI is InChI=1S/C13H18N2O2/c1-17-9-12(16)8-14-7-10-2-3-13-11(6-10)4-5-15-13/h2-6,12,14-16H,7-9H2,1H3. The molecule has 1 heterocycles. The molecular formula is C13H18N2O2. The maximum Gasteiger partial charge on any atom is 0.0897 e. The van der Waals surface area contributed by atoms with Crippen LogP contribution in [0.2, 0.25) is 0 Å². The Morgan fingerprint density at radius 2 is 2.29 bits per heavy atom. The van der Waals surface area contributed by atoms with Crippen molar-refractivity contribution in [3.8, 4) is 0 Å². The zero-order valence-corrected chi connectivity index (χ0v) is 9.94. The molecule has 3 N–H and O–H groups in total. The van der Waals surface area contributed by atoms with Gasteiger partial charge in [0.25, 0.3) is 0 Å². The molecule has 92 valence electrons. The largest absolute Gasteiger partial charge is 0.389 e. The lowest BCUT2D eigenvalue weighted by atomic mass is 10.1. The number of rotatable bonds is 6. The van der Waals surface area contributed by atoms with E-state index < -0.39 is 6.10 Å². The van der Waals surface area contributed by atoms with E-state index in [1.165, 1.54) is 10.9 Å². The molecule has 0 spiro atoms. The zero-order chi connectivity index (χ0) is 12.1. The summed E-state index contributed by atoms with van der Waals surface area (Å²) in [7, 11) is 1.59. The molecule has 1 aromatic heterocycles. The Hall–Kier alpha value is -1.36. The van der Waals surface area contributed by atoms with Gasteiger partial charge in [-0.05, 0) is 29.1 Å². The first-order valence-corrected chi connectivity index (χ1v) is 5.73. The summed E-state index contributed by atoms with van der Waals surface area (Å²) < 4.78 is 4.86. The fourth-order valence-corrected chi connectivity index (χ4v) is 1.85. The molecule has 0 amide bonds. The van der Waals surface area contributed by atoms with Gasteiger partial charge in [0, 0.05) is 31.9 Å². The lowest BCUT2D eigenvalue weighted by Gasteiger charge is -2.10. The Kier molecular flexibility index (Phi) is 4.14. The van der Waals surface area contributed by atoms with Crippen LogP contribution in [-0.4, -0.2) is 36.5 Å². The van der Waals surface area contributed by atoms with E-state index in [-0.39, 0.29) is 0 Å². The van der Waals surface area contributed by atoms with E-state index >= 15 is 0 Å². The summed E-state index contributed by atoms with van der Waals surface area (Å²) in [4.78, 5) is 3.16. The highest BCUT2D eigenvalue weighted by Crippen LogP contribution is 2.13. The van der Waals surface area contributed by atoms with Crippen molar-refractivity contribution < 1.29 is 9.84 Å².